The standard InChI is InChI=1S/C16H21NO2/c1-12-5-7-15(14(10-12)6-8-16(18)19)17-9-3-4-13(2)11-17/h5-8,10,13H,3-4,9,11H2,1-2H3,(H,18,19)/b8-6+. The molecule has 0 bridgehead atoms. The minimum atomic E-state index is -0.903. The van der Waals surface area contributed by atoms with Crippen LogP contribution in [0, 0.1) is 12.8 Å². The van der Waals surface area contributed by atoms with Crippen molar-refractivity contribution in [3.63, 3.8) is 0 Å². The number of nitrogens with zero attached hydrogens (tertiary/aromatic N) is 1. The highest BCUT2D eigenvalue weighted by molar-refractivity contribution is 5.87. The predicted octanol–water partition coefficient (Wildman–Crippen LogP) is 3.33. The quantitative estimate of drug-likeness (QED) is 0.846. The first-order valence-corrected chi connectivity index (χ1v) is 6.83. The molecule has 1 fully saturated rings. The number of hydrogen-bond acceptors (Lipinski definition) is 2. The van der Waals surface area contributed by atoms with Crippen molar-refractivity contribution in [2.75, 3.05) is 18.0 Å². The van der Waals surface area contributed by atoms with E-state index >= 15 is 0 Å². The summed E-state index contributed by atoms with van der Waals surface area (Å²) in [7, 11) is 0. The van der Waals surface area contributed by atoms with Gasteiger partial charge in [-0.05, 0) is 49.5 Å². The molecule has 1 heterocycles. The maximum atomic E-state index is 10.7. The van der Waals surface area contributed by atoms with E-state index in [4.69, 9.17) is 5.11 Å². The largest absolute Gasteiger partial charge is 0.478 e. The van der Waals surface area contributed by atoms with E-state index in [-0.39, 0.29) is 0 Å². The highest BCUT2D eigenvalue weighted by Gasteiger charge is 2.18. The maximum absolute atomic E-state index is 10.7. The van der Waals surface area contributed by atoms with Gasteiger partial charge in [-0.2, -0.15) is 0 Å². The number of piperidine rings is 1. The third-order valence-electron chi connectivity index (χ3n) is 3.59. The van der Waals surface area contributed by atoms with Crippen molar-refractivity contribution in [2.45, 2.75) is 26.7 Å². The summed E-state index contributed by atoms with van der Waals surface area (Å²) < 4.78 is 0. The smallest absolute Gasteiger partial charge is 0.328 e. The van der Waals surface area contributed by atoms with E-state index < -0.39 is 5.97 Å². The van der Waals surface area contributed by atoms with Crippen molar-refractivity contribution in [3.05, 3.63) is 35.4 Å². The van der Waals surface area contributed by atoms with Crippen LogP contribution in [0.5, 0.6) is 0 Å². The lowest BCUT2D eigenvalue weighted by Crippen LogP contribution is -2.34. The topological polar surface area (TPSA) is 40.5 Å². The monoisotopic (exact) mass is 259 g/mol. The second kappa shape index (κ2) is 5.91. The molecular formula is C16H21NO2. The number of aliphatic carboxylic acids is 1. The third kappa shape index (κ3) is 3.60. The summed E-state index contributed by atoms with van der Waals surface area (Å²) in [5.41, 5.74) is 3.30. The molecular weight excluding hydrogens is 238 g/mol. The van der Waals surface area contributed by atoms with E-state index in [2.05, 4.69) is 24.0 Å². The number of benzene rings is 1. The van der Waals surface area contributed by atoms with Crippen LogP contribution in [0.15, 0.2) is 24.3 Å². The van der Waals surface area contributed by atoms with Crippen molar-refractivity contribution in [1.82, 2.24) is 0 Å². The molecule has 102 valence electrons. The highest BCUT2D eigenvalue weighted by atomic mass is 16.4. The minimum Gasteiger partial charge on any atom is -0.478 e. The van der Waals surface area contributed by atoms with Gasteiger partial charge in [0.1, 0.15) is 0 Å². The molecule has 1 aliphatic rings. The molecule has 0 aromatic heterocycles. The Morgan fingerprint density at radius 2 is 2.26 bits per heavy atom. The minimum absolute atomic E-state index is 0.700. The van der Waals surface area contributed by atoms with Crippen LogP contribution < -0.4 is 4.90 Å². The lowest BCUT2D eigenvalue weighted by molar-refractivity contribution is -0.131. The number of aryl methyl sites for hydroxylation is 1. The number of rotatable bonds is 3. The number of carboxylic acid groups (broad SMARTS) is 1. The molecule has 0 aliphatic carbocycles. The van der Waals surface area contributed by atoms with Gasteiger partial charge in [-0.15, -0.1) is 0 Å². The molecule has 1 N–H and O–H groups in total. The summed E-state index contributed by atoms with van der Waals surface area (Å²) in [5.74, 6) is -0.203. The summed E-state index contributed by atoms with van der Waals surface area (Å²) in [6, 6.07) is 6.25. The molecule has 2 rings (SSSR count). The molecule has 1 saturated heterocycles. The Labute approximate surface area is 114 Å². The van der Waals surface area contributed by atoms with Crippen LogP contribution in [0.4, 0.5) is 5.69 Å². The van der Waals surface area contributed by atoms with Gasteiger partial charge in [-0.3, -0.25) is 0 Å². The second-order valence-corrected chi connectivity index (χ2v) is 5.43. The molecule has 0 saturated carbocycles. The van der Waals surface area contributed by atoms with Gasteiger partial charge < -0.3 is 10.0 Å². The van der Waals surface area contributed by atoms with Gasteiger partial charge in [-0.1, -0.05) is 18.6 Å². The van der Waals surface area contributed by atoms with Crippen molar-refractivity contribution in [3.8, 4) is 0 Å². The van der Waals surface area contributed by atoms with Crippen molar-refractivity contribution in [2.24, 2.45) is 5.92 Å². The summed E-state index contributed by atoms with van der Waals surface area (Å²) in [5, 5.41) is 8.79. The van der Waals surface area contributed by atoms with E-state index in [0.717, 1.165) is 29.9 Å². The fourth-order valence-electron chi connectivity index (χ4n) is 2.66. The maximum Gasteiger partial charge on any atom is 0.328 e. The van der Waals surface area contributed by atoms with E-state index in [1.54, 1.807) is 6.08 Å². The normalized spacial score (nSPS) is 19.9. The summed E-state index contributed by atoms with van der Waals surface area (Å²) in [6.07, 6.45) is 5.40. The molecule has 1 aromatic carbocycles. The Morgan fingerprint density at radius 1 is 1.47 bits per heavy atom. The fourth-order valence-corrected chi connectivity index (χ4v) is 2.66. The number of hydrogen-bond donors (Lipinski definition) is 1. The zero-order chi connectivity index (χ0) is 13.8. The lowest BCUT2D eigenvalue weighted by atomic mass is 9.98. The van der Waals surface area contributed by atoms with Gasteiger partial charge in [0.05, 0.1) is 0 Å². The Kier molecular flexibility index (Phi) is 4.25. The average Bonchev–Trinajstić information content (AvgIpc) is 2.36. The summed E-state index contributed by atoms with van der Waals surface area (Å²) in [6.45, 7) is 6.41. The van der Waals surface area contributed by atoms with Crippen molar-refractivity contribution < 1.29 is 9.90 Å². The van der Waals surface area contributed by atoms with Gasteiger partial charge in [0, 0.05) is 24.9 Å². The molecule has 19 heavy (non-hydrogen) atoms. The molecule has 1 aliphatic heterocycles. The van der Waals surface area contributed by atoms with Gasteiger partial charge in [0.2, 0.25) is 0 Å². The molecule has 3 heteroatoms. The van der Waals surface area contributed by atoms with E-state index in [0.29, 0.717) is 5.92 Å². The number of carbonyl (C=O) groups is 1. The van der Waals surface area contributed by atoms with E-state index in [1.165, 1.54) is 18.9 Å². The zero-order valence-corrected chi connectivity index (χ0v) is 11.6. The van der Waals surface area contributed by atoms with Crippen LogP contribution in [-0.4, -0.2) is 24.2 Å². The van der Waals surface area contributed by atoms with Crippen LogP contribution in [0.25, 0.3) is 6.08 Å². The van der Waals surface area contributed by atoms with Crippen LogP contribution in [-0.2, 0) is 4.79 Å². The first-order chi connectivity index (χ1) is 9.06. The number of carboxylic acids is 1. The highest BCUT2D eigenvalue weighted by Crippen LogP contribution is 2.28. The summed E-state index contributed by atoms with van der Waals surface area (Å²) >= 11 is 0. The molecule has 1 aromatic rings. The first-order valence-electron chi connectivity index (χ1n) is 6.83. The summed E-state index contributed by atoms with van der Waals surface area (Å²) in [4.78, 5) is 13.1. The average molecular weight is 259 g/mol. The van der Waals surface area contributed by atoms with Gasteiger partial charge in [0.25, 0.3) is 0 Å². The Hall–Kier alpha value is -1.77. The predicted molar refractivity (Wildman–Crippen MR) is 78.5 cm³/mol. The van der Waals surface area contributed by atoms with Gasteiger partial charge in [-0.25, -0.2) is 4.79 Å². The first kappa shape index (κ1) is 13.7. The zero-order valence-electron chi connectivity index (χ0n) is 11.6. The molecule has 0 radical (unpaired) electrons. The van der Waals surface area contributed by atoms with Crippen LogP contribution in [0.1, 0.15) is 30.9 Å². The van der Waals surface area contributed by atoms with E-state index in [1.807, 2.05) is 13.0 Å². The van der Waals surface area contributed by atoms with Crippen molar-refractivity contribution in [1.29, 1.82) is 0 Å². The van der Waals surface area contributed by atoms with Crippen molar-refractivity contribution >= 4 is 17.7 Å². The molecule has 0 spiro atoms. The Bertz CT molecular complexity index is 494. The molecule has 1 atom stereocenters. The third-order valence-corrected chi connectivity index (χ3v) is 3.59. The Balaban J connectivity index is 2.30. The molecule has 3 nitrogen and oxygen atoms in total. The van der Waals surface area contributed by atoms with Crippen LogP contribution in [0.3, 0.4) is 0 Å². The molecule has 1 unspecified atom stereocenters. The second-order valence-electron chi connectivity index (χ2n) is 5.43. The van der Waals surface area contributed by atoms with E-state index in [9.17, 15) is 4.79 Å². The van der Waals surface area contributed by atoms with Gasteiger partial charge >= 0.3 is 5.97 Å². The van der Waals surface area contributed by atoms with Crippen LogP contribution >= 0.6 is 0 Å². The lowest BCUT2D eigenvalue weighted by Gasteiger charge is -2.34. The fraction of sp³-hybridized carbons (Fsp3) is 0.438. The SMILES string of the molecule is Cc1ccc(N2CCCC(C)C2)c(/C=C/C(=O)O)c1. The number of anilines is 1. The Morgan fingerprint density at radius 3 is 2.95 bits per heavy atom. The molecule has 0 amide bonds. The van der Waals surface area contributed by atoms with Gasteiger partial charge in [0.15, 0.2) is 0 Å². The van der Waals surface area contributed by atoms with Crippen LogP contribution in [0.2, 0.25) is 0 Å².